The molecule has 1 aromatic rings. The highest BCUT2D eigenvalue weighted by Gasteiger charge is 2.15. The molecule has 0 saturated carbocycles. The van der Waals surface area contributed by atoms with Gasteiger partial charge in [-0.15, -0.1) is 0 Å². The fourth-order valence-corrected chi connectivity index (χ4v) is 0.954. The number of ether oxygens (including phenoxy) is 1. The van der Waals surface area contributed by atoms with E-state index in [1.54, 1.807) is 0 Å². The number of rotatable bonds is 5. The van der Waals surface area contributed by atoms with Gasteiger partial charge in [0.2, 0.25) is 5.82 Å². The lowest BCUT2D eigenvalue weighted by Gasteiger charge is -2.05. The van der Waals surface area contributed by atoms with Gasteiger partial charge in [-0.2, -0.15) is 4.98 Å². The van der Waals surface area contributed by atoms with Crippen molar-refractivity contribution in [2.45, 2.75) is 6.73 Å². The van der Waals surface area contributed by atoms with Crippen molar-refractivity contribution in [3.63, 3.8) is 0 Å². The van der Waals surface area contributed by atoms with E-state index in [1.807, 2.05) is 0 Å². The lowest BCUT2D eigenvalue weighted by Crippen LogP contribution is -2.25. The number of nitrogens with zero attached hydrogens (tertiary/aromatic N) is 3. The maximum absolute atomic E-state index is 11.2. The zero-order valence-electron chi connectivity index (χ0n) is 8.20. The van der Waals surface area contributed by atoms with Gasteiger partial charge in [-0.25, -0.2) is 4.79 Å². The van der Waals surface area contributed by atoms with E-state index in [1.165, 1.54) is 0 Å². The van der Waals surface area contributed by atoms with Crippen LogP contribution in [0.3, 0.4) is 0 Å². The zero-order valence-corrected chi connectivity index (χ0v) is 8.20. The summed E-state index contributed by atoms with van der Waals surface area (Å²) in [6, 6.07) is 0. The summed E-state index contributed by atoms with van der Waals surface area (Å²) in [5, 5.41) is 18.9. The van der Waals surface area contributed by atoms with Crippen molar-refractivity contribution < 1.29 is 14.8 Å². The molecule has 3 N–H and O–H groups in total. The molecule has 0 aliphatic heterocycles. The molecule has 0 aliphatic carbocycles. The van der Waals surface area contributed by atoms with Gasteiger partial charge in [0.05, 0.1) is 24.3 Å². The average Bonchev–Trinajstić information content (AvgIpc) is 2.21. The SMILES string of the molecule is Nc1nc(=O)n(COCCO)cc1[N+](=O)[O-]. The van der Waals surface area contributed by atoms with E-state index >= 15 is 0 Å². The van der Waals surface area contributed by atoms with Gasteiger partial charge in [0.15, 0.2) is 0 Å². The highest BCUT2D eigenvalue weighted by Crippen LogP contribution is 2.14. The molecule has 0 saturated heterocycles. The van der Waals surface area contributed by atoms with E-state index in [0.29, 0.717) is 0 Å². The van der Waals surface area contributed by atoms with Crippen LogP contribution in [0.2, 0.25) is 0 Å². The molecule has 0 amide bonds. The minimum absolute atomic E-state index is 0.0185. The van der Waals surface area contributed by atoms with Crippen LogP contribution in [0.5, 0.6) is 0 Å². The Morgan fingerprint density at radius 3 is 2.94 bits per heavy atom. The number of hydrogen-bond acceptors (Lipinski definition) is 7. The molecule has 0 fully saturated rings. The smallest absolute Gasteiger partial charge is 0.351 e. The third-order valence-electron chi connectivity index (χ3n) is 1.67. The van der Waals surface area contributed by atoms with Crippen molar-refractivity contribution in [2.75, 3.05) is 18.9 Å². The summed E-state index contributed by atoms with van der Waals surface area (Å²) in [6.45, 7) is -0.419. The van der Waals surface area contributed by atoms with E-state index < -0.39 is 22.1 Å². The molecule has 0 atom stereocenters. The first-order chi connectivity index (χ1) is 7.56. The van der Waals surface area contributed by atoms with Crippen molar-refractivity contribution in [1.29, 1.82) is 0 Å². The van der Waals surface area contributed by atoms with Crippen LogP contribution in [0.25, 0.3) is 0 Å². The first-order valence-electron chi connectivity index (χ1n) is 4.26. The lowest BCUT2D eigenvalue weighted by atomic mass is 10.5. The van der Waals surface area contributed by atoms with Crippen molar-refractivity contribution >= 4 is 11.5 Å². The molecular formula is C7H10N4O5. The third-order valence-corrected chi connectivity index (χ3v) is 1.67. The van der Waals surface area contributed by atoms with Crippen molar-refractivity contribution in [3.05, 3.63) is 26.8 Å². The van der Waals surface area contributed by atoms with Crippen LogP contribution < -0.4 is 11.4 Å². The van der Waals surface area contributed by atoms with Gasteiger partial charge < -0.3 is 15.6 Å². The van der Waals surface area contributed by atoms with Gasteiger partial charge in [0, 0.05) is 0 Å². The molecule has 16 heavy (non-hydrogen) atoms. The molecule has 0 aromatic carbocycles. The molecule has 1 heterocycles. The normalized spacial score (nSPS) is 10.3. The van der Waals surface area contributed by atoms with E-state index in [9.17, 15) is 14.9 Å². The lowest BCUT2D eigenvalue weighted by molar-refractivity contribution is -0.384. The summed E-state index contributed by atoms with van der Waals surface area (Å²) >= 11 is 0. The van der Waals surface area contributed by atoms with Gasteiger partial charge >= 0.3 is 11.4 Å². The Hall–Kier alpha value is -2.00. The Morgan fingerprint density at radius 2 is 2.38 bits per heavy atom. The second-order valence-electron chi connectivity index (χ2n) is 2.78. The first kappa shape index (κ1) is 12.1. The summed E-state index contributed by atoms with van der Waals surface area (Å²) < 4.78 is 5.73. The third kappa shape index (κ3) is 2.74. The predicted molar refractivity (Wildman–Crippen MR) is 52.6 cm³/mol. The first-order valence-corrected chi connectivity index (χ1v) is 4.26. The van der Waals surface area contributed by atoms with Crippen LogP contribution in [-0.2, 0) is 11.5 Å². The van der Waals surface area contributed by atoms with E-state index in [0.717, 1.165) is 10.8 Å². The van der Waals surface area contributed by atoms with Crippen LogP contribution >= 0.6 is 0 Å². The van der Waals surface area contributed by atoms with Crippen molar-refractivity contribution in [1.82, 2.24) is 9.55 Å². The highest BCUT2D eigenvalue weighted by atomic mass is 16.6. The fraction of sp³-hybridized carbons (Fsp3) is 0.429. The quantitative estimate of drug-likeness (QED) is 0.364. The molecule has 0 spiro atoms. The number of anilines is 1. The maximum atomic E-state index is 11.2. The van der Waals surface area contributed by atoms with E-state index in [2.05, 4.69) is 4.98 Å². The van der Waals surface area contributed by atoms with E-state index in [-0.39, 0.29) is 19.9 Å². The molecule has 0 radical (unpaired) electrons. The summed E-state index contributed by atoms with van der Waals surface area (Å²) in [7, 11) is 0. The van der Waals surface area contributed by atoms with Crippen LogP contribution in [-0.4, -0.2) is 32.8 Å². The van der Waals surface area contributed by atoms with Crippen LogP contribution in [0.1, 0.15) is 0 Å². The molecule has 1 rings (SSSR count). The van der Waals surface area contributed by atoms with Gasteiger partial charge in [0.25, 0.3) is 0 Å². The number of aromatic nitrogens is 2. The largest absolute Gasteiger partial charge is 0.394 e. The molecule has 0 aliphatic rings. The van der Waals surface area contributed by atoms with Gasteiger partial charge in [-0.3, -0.25) is 14.7 Å². The van der Waals surface area contributed by atoms with Gasteiger partial charge in [-0.05, 0) is 0 Å². The molecule has 0 bridgehead atoms. The summed E-state index contributed by atoms with van der Waals surface area (Å²) in [5.41, 5.74) is 3.98. The Kier molecular flexibility index (Phi) is 3.91. The van der Waals surface area contributed by atoms with Gasteiger partial charge in [-0.1, -0.05) is 0 Å². The van der Waals surface area contributed by atoms with Crippen LogP contribution in [0.15, 0.2) is 11.0 Å². The highest BCUT2D eigenvalue weighted by molar-refractivity contribution is 5.49. The Morgan fingerprint density at radius 1 is 1.69 bits per heavy atom. The van der Waals surface area contributed by atoms with Crippen molar-refractivity contribution in [2.24, 2.45) is 0 Å². The number of nitro groups is 1. The minimum Gasteiger partial charge on any atom is -0.394 e. The predicted octanol–water partition coefficient (Wildman–Crippen LogP) is -1.30. The molecule has 88 valence electrons. The standard InChI is InChI=1S/C7H10N4O5/c8-6-5(11(14)15)3-10(7(13)9-6)4-16-2-1-12/h3,12H,1-2,4H2,(H2,8,9,13). The molecule has 1 aromatic heterocycles. The number of aliphatic hydroxyl groups is 1. The van der Waals surface area contributed by atoms with Crippen molar-refractivity contribution in [3.8, 4) is 0 Å². The second-order valence-corrected chi connectivity index (χ2v) is 2.78. The number of hydrogen-bond donors (Lipinski definition) is 2. The monoisotopic (exact) mass is 230 g/mol. The number of aliphatic hydroxyl groups excluding tert-OH is 1. The zero-order chi connectivity index (χ0) is 12.1. The Labute approximate surface area is 89.2 Å². The average molecular weight is 230 g/mol. The number of nitrogen functional groups attached to an aromatic ring is 1. The summed E-state index contributed by atoms with van der Waals surface area (Å²) in [4.78, 5) is 24.2. The van der Waals surface area contributed by atoms with Crippen LogP contribution in [0, 0.1) is 10.1 Å². The maximum Gasteiger partial charge on any atom is 0.351 e. The second kappa shape index (κ2) is 5.19. The Bertz CT molecular complexity index is 443. The summed E-state index contributed by atoms with van der Waals surface area (Å²) in [6.07, 6.45) is 0.946. The molecule has 9 heteroatoms. The topological polar surface area (TPSA) is 134 Å². The Balaban J connectivity index is 2.96. The molecular weight excluding hydrogens is 220 g/mol. The fourth-order valence-electron chi connectivity index (χ4n) is 0.954. The molecule has 9 nitrogen and oxygen atoms in total. The minimum atomic E-state index is -0.749. The van der Waals surface area contributed by atoms with Gasteiger partial charge in [0.1, 0.15) is 6.73 Å². The number of nitrogens with two attached hydrogens (primary N) is 1. The van der Waals surface area contributed by atoms with E-state index in [4.69, 9.17) is 15.6 Å². The molecule has 0 unspecified atom stereocenters. The summed E-state index contributed by atoms with van der Waals surface area (Å²) in [5.74, 6) is -0.437. The van der Waals surface area contributed by atoms with Crippen LogP contribution in [0.4, 0.5) is 11.5 Å².